The van der Waals surface area contributed by atoms with Gasteiger partial charge >= 0.3 is 0 Å². The zero-order chi connectivity index (χ0) is 15.3. The summed E-state index contributed by atoms with van der Waals surface area (Å²) in [6.45, 7) is 7.73. The fraction of sp³-hybridized carbons (Fsp3) is 0.571. The quantitative estimate of drug-likeness (QED) is 0.812. The maximum Gasteiger partial charge on any atom is 0.216 e. The summed E-state index contributed by atoms with van der Waals surface area (Å²) in [7, 11) is -3.42. The van der Waals surface area contributed by atoms with Gasteiger partial charge in [-0.15, -0.1) is 0 Å². The fourth-order valence-electron chi connectivity index (χ4n) is 1.69. The van der Waals surface area contributed by atoms with Crippen molar-refractivity contribution in [3.05, 3.63) is 35.6 Å². The lowest BCUT2D eigenvalue weighted by Crippen LogP contribution is -2.41. The first-order valence-corrected chi connectivity index (χ1v) is 8.27. The SMILES string of the molecule is CC(C)NCC(C)S(=O)(=O)NC(C)c1ccc(F)cc1. The van der Waals surface area contributed by atoms with E-state index >= 15 is 0 Å². The fourth-order valence-corrected chi connectivity index (χ4v) is 2.87. The van der Waals surface area contributed by atoms with E-state index in [9.17, 15) is 12.8 Å². The number of hydrogen-bond donors (Lipinski definition) is 2. The Labute approximate surface area is 120 Å². The molecule has 0 amide bonds. The first kappa shape index (κ1) is 17.1. The average molecular weight is 302 g/mol. The minimum Gasteiger partial charge on any atom is -0.313 e. The zero-order valence-corrected chi connectivity index (χ0v) is 13.2. The third kappa shape index (κ3) is 5.19. The Hall–Kier alpha value is -0.980. The van der Waals surface area contributed by atoms with Crippen LogP contribution >= 0.6 is 0 Å². The van der Waals surface area contributed by atoms with Gasteiger partial charge in [0.1, 0.15) is 5.82 Å². The molecule has 0 radical (unpaired) electrons. The van der Waals surface area contributed by atoms with Crippen LogP contribution in [0, 0.1) is 5.82 Å². The lowest BCUT2D eigenvalue weighted by molar-refractivity contribution is 0.531. The number of hydrogen-bond acceptors (Lipinski definition) is 3. The standard InChI is InChI=1S/C14H23FN2O2S/c1-10(2)16-9-11(3)20(18,19)17-12(4)13-5-7-14(15)8-6-13/h5-8,10-12,16-17H,9H2,1-4H3. The Morgan fingerprint density at radius 1 is 1.10 bits per heavy atom. The molecule has 0 aliphatic rings. The highest BCUT2D eigenvalue weighted by molar-refractivity contribution is 7.90. The maximum atomic E-state index is 12.8. The summed E-state index contributed by atoms with van der Waals surface area (Å²) < 4.78 is 39.8. The van der Waals surface area contributed by atoms with Crippen LogP contribution in [0.25, 0.3) is 0 Å². The smallest absolute Gasteiger partial charge is 0.216 e. The van der Waals surface area contributed by atoms with E-state index in [2.05, 4.69) is 10.0 Å². The summed E-state index contributed by atoms with van der Waals surface area (Å²) in [6, 6.07) is 5.66. The van der Waals surface area contributed by atoms with Gasteiger partial charge in [-0.1, -0.05) is 26.0 Å². The highest BCUT2D eigenvalue weighted by atomic mass is 32.2. The molecule has 0 aliphatic carbocycles. The molecule has 1 aromatic carbocycles. The molecule has 1 rings (SSSR count). The van der Waals surface area contributed by atoms with Crippen molar-refractivity contribution in [2.45, 2.75) is 45.0 Å². The highest BCUT2D eigenvalue weighted by Crippen LogP contribution is 2.15. The van der Waals surface area contributed by atoms with Gasteiger partial charge < -0.3 is 5.32 Å². The van der Waals surface area contributed by atoms with Gasteiger partial charge in [0.15, 0.2) is 0 Å². The second kappa shape index (κ2) is 7.15. The predicted molar refractivity (Wildman–Crippen MR) is 79.5 cm³/mol. The molecule has 0 fully saturated rings. The normalized spacial score (nSPS) is 15.3. The number of benzene rings is 1. The van der Waals surface area contributed by atoms with Crippen molar-refractivity contribution in [1.82, 2.24) is 10.0 Å². The van der Waals surface area contributed by atoms with Crippen LogP contribution < -0.4 is 10.0 Å². The van der Waals surface area contributed by atoms with E-state index in [0.717, 1.165) is 5.56 Å². The van der Waals surface area contributed by atoms with Gasteiger partial charge in [0.25, 0.3) is 0 Å². The van der Waals surface area contributed by atoms with Crippen molar-refractivity contribution in [2.75, 3.05) is 6.54 Å². The van der Waals surface area contributed by atoms with Crippen LogP contribution in [0.2, 0.25) is 0 Å². The first-order valence-electron chi connectivity index (χ1n) is 6.72. The molecule has 2 unspecified atom stereocenters. The molecule has 0 heterocycles. The van der Waals surface area contributed by atoms with Gasteiger partial charge in [0, 0.05) is 18.6 Å². The molecule has 114 valence electrons. The molecule has 0 saturated heterocycles. The molecule has 1 aromatic rings. The van der Waals surface area contributed by atoms with Gasteiger partial charge in [-0.2, -0.15) is 0 Å². The van der Waals surface area contributed by atoms with E-state index < -0.39 is 15.3 Å². The monoisotopic (exact) mass is 302 g/mol. The van der Waals surface area contributed by atoms with Crippen molar-refractivity contribution in [3.8, 4) is 0 Å². The van der Waals surface area contributed by atoms with Crippen LogP contribution in [-0.2, 0) is 10.0 Å². The van der Waals surface area contributed by atoms with E-state index in [-0.39, 0.29) is 17.9 Å². The maximum absolute atomic E-state index is 12.8. The minimum atomic E-state index is -3.42. The number of halogens is 1. The zero-order valence-electron chi connectivity index (χ0n) is 12.4. The average Bonchev–Trinajstić information content (AvgIpc) is 2.35. The highest BCUT2D eigenvalue weighted by Gasteiger charge is 2.23. The Balaban J connectivity index is 2.67. The number of sulfonamides is 1. The molecule has 20 heavy (non-hydrogen) atoms. The summed E-state index contributed by atoms with van der Waals surface area (Å²) in [5.74, 6) is -0.335. The molecule has 2 atom stereocenters. The number of rotatable bonds is 7. The van der Waals surface area contributed by atoms with Crippen LogP contribution in [0.1, 0.15) is 39.3 Å². The third-order valence-corrected chi connectivity index (χ3v) is 4.96. The van der Waals surface area contributed by atoms with E-state index in [1.54, 1.807) is 26.0 Å². The van der Waals surface area contributed by atoms with Crippen molar-refractivity contribution in [2.24, 2.45) is 0 Å². The van der Waals surface area contributed by atoms with Crippen LogP contribution in [0.5, 0.6) is 0 Å². The molecular formula is C14H23FN2O2S. The Morgan fingerprint density at radius 3 is 2.15 bits per heavy atom. The van der Waals surface area contributed by atoms with E-state index in [1.165, 1.54) is 12.1 Å². The largest absolute Gasteiger partial charge is 0.313 e. The summed E-state index contributed by atoms with van der Waals surface area (Å²) in [5, 5.41) is 2.57. The van der Waals surface area contributed by atoms with Crippen LogP contribution in [-0.4, -0.2) is 26.3 Å². The Bertz CT molecular complexity index is 514. The lowest BCUT2D eigenvalue weighted by Gasteiger charge is -2.20. The molecular weight excluding hydrogens is 279 g/mol. The van der Waals surface area contributed by atoms with Gasteiger partial charge in [-0.25, -0.2) is 17.5 Å². The summed E-state index contributed by atoms with van der Waals surface area (Å²) >= 11 is 0. The topological polar surface area (TPSA) is 58.2 Å². The number of nitrogens with one attached hydrogen (secondary N) is 2. The Kier molecular flexibility index (Phi) is 6.10. The predicted octanol–water partition coefficient (Wildman–Crippen LogP) is 2.19. The molecule has 0 bridgehead atoms. The van der Waals surface area contributed by atoms with Gasteiger partial charge in [0.2, 0.25) is 10.0 Å². The van der Waals surface area contributed by atoms with Gasteiger partial charge in [-0.05, 0) is 31.5 Å². The van der Waals surface area contributed by atoms with Crippen molar-refractivity contribution < 1.29 is 12.8 Å². The van der Waals surface area contributed by atoms with E-state index in [0.29, 0.717) is 6.54 Å². The lowest BCUT2D eigenvalue weighted by atomic mass is 10.1. The summed E-state index contributed by atoms with van der Waals surface area (Å²) in [6.07, 6.45) is 0. The van der Waals surface area contributed by atoms with E-state index in [1.807, 2.05) is 13.8 Å². The molecule has 0 aromatic heterocycles. The first-order chi connectivity index (χ1) is 9.22. The molecule has 4 nitrogen and oxygen atoms in total. The van der Waals surface area contributed by atoms with Crippen LogP contribution in [0.3, 0.4) is 0 Å². The van der Waals surface area contributed by atoms with Crippen molar-refractivity contribution in [3.63, 3.8) is 0 Å². The van der Waals surface area contributed by atoms with Crippen molar-refractivity contribution >= 4 is 10.0 Å². The van der Waals surface area contributed by atoms with Gasteiger partial charge in [-0.3, -0.25) is 0 Å². The second-order valence-electron chi connectivity index (χ2n) is 5.31. The second-order valence-corrected chi connectivity index (χ2v) is 7.44. The molecule has 0 aliphatic heterocycles. The summed E-state index contributed by atoms with van der Waals surface area (Å²) in [4.78, 5) is 0. The molecule has 0 spiro atoms. The molecule has 2 N–H and O–H groups in total. The Morgan fingerprint density at radius 2 is 1.65 bits per heavy atom. The molecule has 6 heteroatoms. The van der Waals surface area contributed by atoms with Crippen LogP contribution in [0.15, 0.2) is 24.3 Å². The van der Waals surface area contributed by atoms with Crippen LogP contribution in [0.4, 0.5) is 4.39 Å². The molecule has 0 saturated carbocycles. The van der Waals surface area contributed by atoms with E-state index in [4.69, 9.17) is 0 Å². The summed E-state index contributed by atoms with van der Waals surface area (Å²) in [5.41, 5.74) is 0.735. The van der Waals surface area contributed by atoms with Gasteiger partial charge in [0.05, 0.1) is 5.25 Å². The minimum absolute atomic E-state index is 0.238. The third-order valence-electron chi connectivity index (χ3n) is 3.05. The van der Waals surface area contributed by atoms with Crippen molar-refractivity contribution in [1.29, 1.82) is 0 Å².